The van der Waals surface area contributed by atoms with Crippen LogP contribution >= 0.6 is 0 Å². The Kier molecular flexibility index (Phi) is 6.19. The molecule has 0 bridgehead atoms. The molecule has 2 fully saturated rings. The monoisotopic (exact) mass is 418 g/mol. The fourth-order valence-electron chi connectivity index (χ4n) is 4.23. The van der Waals surface area contributed by atoms with Gasteiger partial charge in [0.15, 0.2) is 0 Å². The standard InChI is InChI=1S/C24H26N4O3/c1-31-22-4-2-3-21(14-22)28-17-20(13-23(28)29)24(30)27-11-9-26(10-12-27)16-19-7-5-18(15-25)6-8-19/h2-8,14,20H,9-13,16-17H2,1H3/t20-/m0/s1. The van der Waals surface area contributed by atoms with Gasteiger partial charge in [-0.05, 0) is 29.8 Å². The van der Waals surface area contributed by atoms with Crippen LogP contribution in [0.3, 0.4) is 0 Å². The minimum absolute atomic E-state index is 0.0222. The highest BCUT2D eigenvalue weighted by molar-refractivity contribution is 6.00. The molecule has 0 aliphatic carbocycles. The molecule has 31 heavy (non-hydrogen) atoms. The van der Waals surface area contributed by atoms with Gasteiger partial charge >= 0.3 is 0 Å². The van der Waals surface area contributed by atoms with E-state index in [1.165, 1.54) is 0 Å². The Morgan fingerprint density at radius 2 is 1.87 bits per heavy atom. The molecule has 0 saturated carbocycles. The van der Waals surface area contributed by atoms with Crippen LogP contribution in [0.1, 0.15) is 17.5 Å². The fourth-order valence-corrected chi connectivity index (χ4v) is 4.23. The summed E-state index contributed by atoms with van der Waals surface area (Å²) in [5.41, 5.74) is 2.59. The molecule has 2 aliphatic rings. The predicted octanol–water partition coefficient (Wildman–Crippen LogP) is 2.26. The van der Waals surface area contributed by atoms with Crippen molar-refractivity contribution in [2.24, 2.45) is 5.92 Å². The first-order chi connectivity index (χ1) is 15.1. The van der Waals surface area contributed by atoms with E-state index >= 15 is 0 Å². The predicted molar refractivity (Wildman–Crippen MR) is 116 cm³/mol. The van der Waals surface area contributed by atoms with Gasteiger partial charge in [-0.15, -0.1) is 0 Å². The molecule has 2 aromatic rings. The highest BCUT2D eigenvalue weighted by Gasteiger charge is 2.38. The molecular weight excluding hydrogens is 392 g/mol. The van der Waals surface area contributed by atoms with Gasteiger partial charge in [-0.3, -0.25) is 14.5 Å². The minimum Gasteiger partial charge on any atom is -0.497 e. The second-order valence-electron chi connectivity index (χ2n) is 8.02. The van der Waals surface area contributed by atoms with Crippen molar-refractivity contribution in [2.45, 2.75) is 13.0 Å². The zero-order valence-electron chi connectivity index (χ0n) is 17.7. The van der Waals surface area contributed by atoms with E-state index < -0.39 is 0 Å². The molecule has 0 N–H and O–H groups in total. The van der Waals surface area contributed by atoms with Crippen molar-refractivity contribution in [1.82, 2.24) is 9.80 Å². The van der Waals surface area contributed by atoms with Crippen LogP contribution in [0.5, 0.6) is 5.75 Å². The minimum atomic E-state index is -0.302. The summed E-state index contributed by atoms with van der Waals surface area (Å²) in [5.74, 6) is 0.435. The largest absolute Gasteiger partial charge is 0.497 e. The molecule has 0 radical (unpaired) electrons. The molecule has 7 heteroatoms. The van der Waals surface area contributed by atoms with E-state index in [0.717, 1.165) is 30.9 Å². The molecule has 0 unspecified atom stereocenters. The highest BCUT2D eigenvalue weighted by atomic mass is 16.5. The first-order valence-corrected chi connectivity index (χ1v) is 10.5. The number of nitriles is 1. The molecule has 2 aromatic carbocycles. The average Bonchev–Trinajstić information content (AvgIpc) is 3.21. The van der Waals surface area contributed by atoms with Crippen molar-refractivity contribution >= 4 is 17.5 Å². The third-order valence-electron chi connectivity index (χ3n) is 6.01. The summed E-state index contributed by atoms with van der Waals surface area (Å²) in [6.07, 6.45) is 0.251. The van der Waals surface area contributed by atoms with Gasteiger partial charge in [-0.25, -0.2) is 0 Å². The van der Waals surface area contributed by atoms with Crippen molar-refractivity contribution in [3.05, 3.63) is 59.7 Å². The number of piperazine rings is 1. The number of carbonyl (C=O) groups excluding carboxylic acids is 2. The lowest BCUT2D eigenvalue weighted by Crippen LogP contribution is -2.50. The number of hydrogen-bond acceptors (Lipinski definition) is 5. The summed E-state index contributed by atoms with van der Waals surface area (Å²) < 4.78 is 5.25. The number of benzene rings is 2. The number of methoxy groups -OCH3 is 1. The Bertz CT molecular complexity index is 991. The summed E-state index contributed by atoms with van der Waals surface area (Å²) >= 11 is 0. The Labute approximate surface area is 182 Å². The van der Waals surface area contributed by atoms with Crippen LogP contribution in [0, 0.1) is 17.2 Å². The number of amides is 2. The first-order valence-electron chi connectivity index (χ1n) is 10.5. The van der Waals surface area contributed by atoms with Gasteiger partial charge in [0.2, 0.25) is 11.8 Å². The van der Waals surface area contributed by atoms with Gasteiger partial charge in [-0.2, -0.15) is 5.26 Å². The maximum absolute atomic E-state index is 13.1. The zero-order chi connectivity index (χ0) is 21.8. The molecule has 7 nitrogen and oxygen atoms in total. The molecule has 2 saturated heterocycles. The summed E-state index contributed by atoms with van der Waals surface area (Å²) in [7, 11) is 1.60. The molecule has 2 heterocycles. The van der Waals surface area contributed by atoms with Gasteiger partial charge < -0.3 is 14.5 Å². The van der Waals surface area contributed by atoms with Gasteiger partial charge in [-0.1, -0.05) is 18.2 Å². The van der Waals surface area contributed by atoms with Crippen LogP contribution < -0.4 is 9.64 Å². The molecule has 0 aromatic heterocycles. The number of nitrogens with zero attached hydrogens (tertiary/aromatic N) is 4. The number of ether oxygens (including phenoxy) is 1. The quantitative estimate of drug-likeness (QED) is 0.745. The molecule has 2 amide bonds. The number of rotatable bonds is 5. The van der Waals surface area contributed by atoms with Gasteiger partial charge in [0.1, 0.15) is 5.75 Å². The topological polar surface area (TPSA) is 76.9 Å². The maximum Gasteiger partial charge on any atom is 0.228 e. The lowest BCUT2D eigenvalue weighted by Gasteiger charge is -2.36. The fraction of sp³-hybridized carbons (Fsp3) is 0.375. The Morgan fingerprint density at radius 3 is 2.55 bits per heavy atom. The average molecular weight is 418 g/mol. The second kappa shape index (κ2) is 9.19. The van der Waals surface area contributed by atoms with Crippen LogP contribution in [-0.4, -0.2) is 61.4 Å². The summed E-state index contributed by atoms with van der Waals surface area (Å²) in [4.78, 5) is 31.5. The van der Waals surface area contributed by atoms with Crippen LogP contribution in [-0.2, 0) is 16.1 Å². The van der Waals surface area contributed by atoms with Crippen molar-refractivity contribution in [1.29, 1.82) is 5.26 Å². The normalized spacial score (nSPS) is 19.4. The van der Waals surface area contributed by atoms with Crippen LogP contribution in [0.4, 0.5) is 5.69 Å². The number of anilines is 1. The third-order valence-corrected chi connectivity index (χ3v) is 6.01. The molecule has 2 aliphatic heterocycles. The van der Waals surface area contributed by atoms with Gasteiger partial charge in [0.25, 0.3) is 0 Å². The zero-order valence-corrected chi connectivity index (χ0v) is 17.7. The van der Waals surface area contributed by atoms with Crippen molar-refractivity contribution in [3.63, 3.8) is 0 Å². The maximum atomic E-state index is 13.1. The lowest BCUT2D eigenvalue weighted by atomic mass is 10.1. The molecule has 0 spiro atoms. The Hall–Kier alpha value is -3.37. The van der Waals surface area contributed by atoms with E-state index in [0.29, 0.717) is 30.9 Å². The van der Waals surface area contributed by atoms with Crippen LogP contribution in [0.2, 0.25) is 0 Å². The smallest absolute Gasteiger partial charge is 0.228 e. The third kappa shape index (κ3) is 4.70. The van der Waals surface area contributed by atoms with E-state index in [-0.39, 0.29) is 24.2 Å². The van der Waals surface area contributed by atoms with E-state index in [2.05, 4.69) is 11.0 Å². The summed E-state index contributed by atoms with van der Waals surface area (Å²) in [6.45, 7) is 4.14. The lowest BCUT2D eigenvalue weighted by molar-refractivity contribution is -0.137. The summed E-state index contributed by atoms with van der Waals surface area (Å²) in [6, 6.07) is 17.1. The van der Waals surface area contributed by atoms with Gasteiger partial charge in [0, 0.05) is 57.4 Å². The second-order valence-corrected chi connectivity index (χ2v) is 8.02. The van der Waals surface area contributed by atoms with Gasteiger partial charge in [0.05, 0.1) is 24.7 Å². The van der Waals surface area contributed by atoms with Crippen LogP contribution in [0.15, 0.2) is 48.5 Å². The van der Waals surface area contributed by atoms with E-state index in [1.807, 2.05) is 53.4 Å². The van der Waals surface area contributed by atoms with E-state index in [9.17, 15) is 9.59 Å². The number of hydrogen-bond donors (Lipinski definition) is 0. The van der Waals surface area contributed by atoms with Crippen molar-refractivity contribution in [2.75, 3.05) is 44.7 Å². The molecule has 4 rings (SSSR count). The van der Waals surface area contributed by atoms with Crippen molar-refractivity contribution in [3.8, 4) is 11.8 Å². The van der Waals surface area contributed by atoms with Crippen molar-refractivity contribution < 1.29 is 14.3 Å². The highest BCUT2D eigenvalue weighted by Crippen LogP contribution is 2.29. The SMILES string of the molecule is COc1cccc(N2C[C@@H](C(=O)N3CCN(Cc4ccc(C#N)cc4)CC3)CC2=O)c1. The Balaban J connectivity index is 1.31. The van der Waals surface area contributed by atoms with E-state index in [4.69, 9.17) is 10.00 Å². The summed E-state index contributed by atoms with van der Waals surface area (Å²) in [5, 5.41) is 8.91. The molecule has 160 valence electrons. The number of carbonyl (C=O) groups is 2. The Morgan fingerprint density at radius 1 is 1.13 bits per heavy atom. The molecular formula is C24H26N4O3. The molecule has 1 atom stereocenters. The first kappa shape index (κ1) is 20.9. The van der Waals surface area contributed by atoms with E-state index in [1.54, 1.807) is 12.0 Å². The van der Waals surface area contributed by atoms with Crippen LogP contribution in [0.25, 0.3) is 0 Å².